The van der Waals surface area contributed by atoms with Crippen molar-refractivity contribution in [2.24, 2.45) is 0 Å². The first-order valence-electron chi connectivity index (χ1n) is 6.63. The third kappa shape index (κ3) is 3.21. The molecule has 0 bridgehead atoms. The fourth-order valence-electron chi connectivity index (χ4n) is 2.46. The van der Waals surface area contributed by atoms with Gasteiger partial charge in [0.2, 0.25) is 0 Å². The lowest BCUT2D eigenvalue weighted by molar-refractivity contribution is 0.116. The molecular formula is C17H19ClO2. The fourth-order valence-corrected chi connectivity index (χ4v) is 2.59. The van der Waals surface area contributed by atoms with Gasteiger partial charge in [0.25, 0.3) is 0 Å². The zero-order valence-electron chi connectivity index (χ0n) is 11.5. The van der Waals surface area contributed by atoms with Gasteiger partial charge >= 0.3 is 0 Å². The molecular weight excluding hydrogens is 272 g/mol. The molecule has 0 fully saturated rings. The number of rotatable bonds is 5. The van der Waals surface area contributed by atoms with Crippen LogP contribution in [0.15, 0.2) is 48.5 Å². The highest BCUT2D eigenvalue weighted by molar-refractivity contribution is 6.30. The molecule has 0 aliphatic carbocycles. The Balaban J connectivity index is 2.36. The zero-order valence-corrected chi connectivity index (χ0v) is 12.3. The summed E-state index contributed by atoms with van der Waals surface area (Å²) in [5.41, 5.74) is 2.48. The molecule has 0 atom stereocenters. The fraction of sp³-hybridized carbons (Fsp3) is 0.294. The monoisotopic (exact) mass is 290 g/mol. The molecule has 0 unspecified atom stereocenters. The Labute approximate surface area is 124 Å². The van der Waals surface area contributed by atoms with E-state index >= 15 is 0 Å². The van der Waals surface area contributed by atoms with Crippen LogP contribution in [0.25, 0.3) is 0 Å². The summed E-state index contributed by atoms with van der Waals surface area (Å²) in [6.45, 7) is 1.81. The largest absolute Gasteiger partial charge is 0.395 e. The van der Waals surface area contributed by atoms with E-state index in [2.05, 4.69) is 6.07 Å². The third-order valence-corrected chi connectivity index (χ3v) is 3.94. The molecule has 0 saturated heterocycles. The van der Waals surface area contributed by atoms with E-state index in [4.69, 9.17) is 11.6 Å². The summed E-state index contributed by atoms with van der Waals surface area (Å²) in [7, 11) is 0. The van der Waals surface area contributed by atoms with Crippen LogP contribution in [0.4, 0.5) is 0 Å². The number of hydrogen-bond acceptors (Lipinski definition) is 2. The van der Waals surface area contributed by atoms with Crippen LogP contribution in [-0.4, -0.2) is 23.4 Å². The van der Waals surface area contributed by atoms with Gasteiger partial charge in [-0.15, -0.1) is 0 Å². The summed E-state index contributed by atoms with van der Waals surface area (Å²) in [4.78, 5) is 0. The molecule has 106 valence electrons. The summed E-state index contributed by atoms with van der Waals surface area (Å²) in [6.07, 6.45) is 0.587. The molecule has 3 heteroatoms. The Morgan fingerprint density at radius 3 is 2.20 bits per heavy atom. The van der Waals surface area contributed by atoms with Gasteiger partial charge < -0.3 is 10.2 Å². The van der Waals surface area contributed by atoms with Crippen molar-refractivity contribution in [1.29, 1.82) is 0 Å². The van der Waals surface area contributed by atoms with Crippen molar-refractivity contribution in [2.45, 2.75) is 18.8 Å². The highest BCUT2D eigenvalue weighted by Crippen LogP contribution is 2.29. The Hall–Kier alpha value is -1.35. The van der Waals surface area contributed by atoms with Gasteiger partial charge in [-0.25, -0.2) is 0 Å². The van der Waals surface area contributed by atoms with Crippen molar-refractivity contribution in [3.05, 3.63) is 70.2 Å². The van der Waals surface area contributed by atoms with E-state index in [9.17, 15) is 10.2 Å². The van der Waals surface area contributed by atoms with Crippen LogP contribution in [0.2, 0.25) is 5.02 Å². The van der Waals surface area contributed by atoms with E-state index in [1.54, 1.807) is 12.1 Å². The Morgan fingerprint density at radius 1 is 1.00 bits per heavy atom. The maximum absolute atomic E-state index is 9.84. The number of aryl methyl sites for hydroxylation is 1. The zero-order chi connectivity index (χ0) is 14.6. The molecule has 2 rings (SSSR count). The van der Waals surface area contributed by atoms with Crippen molar-refractivity contribution in [3.63, 3.8) is 0 Å². The van der Waals surface area contributed by atoms with Crippen LogP contribution in [0.5, 0.6) is 0 Å². The van der Waals surface area contributed by atoms with Crippen molar-refractivity contribution < 1.29 is 10.2 Å². The third-order valence-electron chi connectivity index (χ3n) is 3.69. The number of hydrogen-bond donors (Lipinski definition) is 2. The number of benzene rings is 2. The minimum Gasteiger partial charge on any atom is -0.395 e. The van der Waals surface area contributed by atoms with Gasteiger partial charge in [0.15, 0.2) is 0 Å². The van der Waals surface area contributed by atoms with Gasteiger partial charge in [-0.2, -0.15) is 0 Å². The SMILES string of the molecule is Cc1cccc(CC(CO)(CO)c2ccc(Cl)cc2)c1. The van der Waals surface area contributed by atoms with Crippen molar-refractivity contribution >= 4 is 11.6 Å². The molecule has 0 saturated carbocycles. The van der Waals surface area contributed by atoms with Crippen molar-refractivity contribution in [3.8, 4) is 0 Å². The van der Waals surface area contributed by atoms with E-state index in [0.29, 0.717) is 11.4 Å². The Kier molecular flexibility index (Phi) is 4.81. The molecule has 20 heavy (non-hydrogen) atoms. The van der Waals surface area contributed by atoms with E-state index in [1.165, 1.54) is 5.56 Å². The average Bonchev–Trinajstić information content (AvgIpc) is 2.46. The van der Waals surface area contributed by atoms with Gasteiger partial charge in [0.05, 0.1) is 13.2 Å². The predicted molar refractivity (Wildman–Crippen MR) is 82.2 cm³/mol. The first-order valence-corrected chi connectivity index (χ1v) is 7.01. The average molecular weight is 291 g/mol. The van der Waals surface area contributed by atoms with Crippen molar-refractivity contribution in [1.82, 2.24) is 0 Å². The van der Waals surface area contributed by atoms with E-state index < -0.39 is 5.41 Å². The van der Waals surface area contributed by atoms with Crippen LogP contribution in [0.3, 0.4) is 0 Å². The van der Waals surface area contributed by atoms with E-state index in [-0.39, 0.29) is 13.2 Å². The standard InChI is InChI=1S/C17H19ClO2/c1-13-3-2-4-14(9-13)10-17(11-19,12-20)15-5-7-16(18)8-6-15/h2-9,19-20H,10-12H2,1H3. The molecule has 0 aromatic heterocycles. The first kappa shape index (κ1) is 15.0. The van der Waals surface area contributed by atoms with Crippen LogP contribution in [0, 0.1) is 6.92 Å². The molecule has 2 aromatic carbocycles. The van der Waals surface area contributed by atoms with Crippen LogP contribution < -0.4 is 0 Å². The predicted octanol–water partition coefficient (Wildman–Crippen LogP) is 3.11. The second-order valence-electron chi connectivity index (χ2n) is 5.27. The lowest BCUT2D eigenvalue weighted by Crippen LogP contribution is -2.37. The molecule has 0 spiro atoms. The highest BCUT2D eigenvalue weighted by atomic mass is 35.5. The van der Waals surface area contributed by atoms with E-state index in [1.807, 2.05) is 37.3 Å². The smallest absolute Gasteiger partial charge is 0.0553 e. The normalized spacial score (nSPS) is 11.6. The van der Waals surface area contributed by atoms with Crippen LogP contribution in [-0.2, 0) is 11.8 Å². The summed E-state index contributed by atoms with van der Waals surface area (Å²) in [5, 5.41) is 20.3. The summed E-state index contributed by atoms with van der Waals surface area (Å²) in [5.74, 6) is 0. The molecule has 0 heterocycles. The molecule has 0 amide bonds. The Morgan fingerprint density at radius 2 is 1.65 bits per heavy atom. The lowest BCUT2D eigenvalue weighted by atomic mass is 9.76. The molecule has 0 aliphatic heterocycles. The summed E-state index contributed by atoms with van der Waals surface area (Å²) in [6, 6.07) is 15.4. The maximum atomic E-state index is 9.84. The lowest BCUT2D eigenvalue weighted by Gasteiger charge is -2.30. The minimum atomic E-state index is -0.682. The maximum Gasteiger partial charge on any atom is 0.0553 e. The first-order chi connectivity index (χ1) is 9.59. The second kappa shape index (κ2) is 6.40. The minimum absolute atomic E-state index is 0.112. The van der Waals surface area contributed by atoms with Gasteiger partial charge in [-0.1, -0.05) is 53.6 Å². The van der Waals surface area contributed by atoms with E-state index in [0.717, 1.165) is 11.1 Å². The molecule has 2 aromatic rings. The van der Waals surface area contributed by atoms with Crippen LogP contribution >= 0.6 is 11.6 Å². The summed E-state index contributed by atoms with van der Waals surface area (Å²) < 4.78 is 0. The van der Waals surface area contributed by atoms with Gasteiger partial charge in [0.1, 0.15) is 0 Å². The quantitative estimate of drug-likeness (QED) is 0.888. The molecule has 2 N–H and O–H groups in total. The highest BCUT2D eigenvalue weighted by Gasteiger charge is 2.31. The van der Waals surface area contributed by atoms with Gasteiger partial charge in [-0.05, 0) is 36.6 Å². The number of halogens is 1. The van der Waals surface area contributed by atoms with Crippen LogP contribution in [0.1, 0.15) is 16.7 Å². The number of aliphatic hydroxyl groups excluding tert-OH is 2. The topological polar surface area (TPSA) is 40.5 Å². The van der Waals surface area contributed by atoms with Gasteiger partial charge in [0, 0.05) is 10.4 Å². The number of aliphatic hydroxyl groups is 2. The summed E-state index contributed by atoms with van der Waals surface area (Å²) >= 11 is 5.90. The molecule has 0 aliphatic rings. The molecule has 0 radical (unpaired) electrons. The van der Waals surface area contributed by atoms with Gasteiger partial charge in [-0.3, -0.25) is 0 Å². The second-order valence-corrected chi connectivity index (χ2v) is 5.71. The van der Waals surface area contributed by atoms with Crippen molar-refractivity contribution in [2.75, 3.05) is 13.2 Å². The molecule has 2 nitrogen and oxygen atoms in total. The Bertz CT molecular complexity index is 559.